The first-order valence-corrected chi connectivity index (χ1v) is 9.37. The molecule has 25 heavy (non-hydrogen) atoms. The molecule has 0 saturated heterocycles. The van der Waals surface area contributed by atoms with E-state index < -0.39 is 10.0 Å². The van der Waals surface area contributed by atoms with Crippen LogP contribution in [0.5, 0.6) is 0 Å². The van der Waals surface area contributed by atoms with Gasteiger partial charge in [-0.3, -0.25) is 4.68 Å². The number of nitrogens with zero attached hydrogens (tertiary/aromatic N) is 4. The molecular formula is C15H16ClN5O3S. The maximum Gasteiger partial charge on any atom is 0.242 e. The SMILES string of the molecule is CCn1cc(-c2noc(CNS(=O)(=O)c3cccc(Cl)c3C)n2)cn1. The molecule has 1 aromatic carbocycles. The lowest BCUT2D eigenvalue weighted by Gasteiger charge is -2.08. The molecule has 0 aliphatic carbocycles. The summed E-state index contributed by atoms with van der Waals surface area (Å²) in [5, 5.41) is 8.36. The molecule has 0 atom stereocenters. The van der Waals surface area contributed by atoms with E-state index in [1.807, 2.05) is 6.92 Å². The molecule has 3 aromatic rings. The van der Waals surface area contributed by atoms with Crippen LogP contribution in [0.4, 0.5) is 0 Å². The Bertz CT molecular complexity index is 996. The molecule has 3 rings (SSSR count). The summed E-state index contributed by atoms with van der Waals surface area (Å²) in [5.41, 5.74) is 1.18. The molecule has 0 radical (unpaired) electrons. The third kappa shape index (κ3) is 3.73. The first-order chi connectivity index (χ1) is 11.9. The molecule has 132 valence electrons. The smallest absolute Gasteiger partial charge is 0.242 e. The topological polar surface area (TPSA) is 103 Å². The molecule has 2 heterocycles. The molecule has 0 unspecified atom stereocenters. The Morgan fingerprint density at radius 3 is 2.88 bits per heavy atom. The number of rotatable bonds is 6. The molecule has 2 aromatic heterocycles. The first-order valence-electron chi connectivity index (χ1n) is 7.51. The van der Waals surface area contributed by atoms with Gasteiger partial charge in [-0.1, -0.05) is 22.8 Å². The Hall–Kier alpha value is -2.23. The van der Waals surface area contributed by atoms with Crippen LogP contribution in [-0.2, 0) is 23.1 Å². The molecule has 0 saturated carbocycles. The van der Waals surface area contributed by atoms with E-state index in [1.165, 1.54) is 6.07 Å². The maximum absolute atomic E-state index is 12.4. The monoisotopic (exact) mass is 381 g/mol. The van der Waals surface area contributed by atoms with Crippen molar-refractivity contribution >= 4 is 21.6 Å². The van der Waals surface area contributed by atoms with Gasteiger partial charge in [-0.15, -0.1) is 0 Å². The summed E-state index contributed by atoms with van der Waals surface area (Å²) in [6.45, 7) is 4.21. The van der Waals surface area contributed by atoms with Crippen LogP contribution in [0.1, 0.15) is 18.4 Å². The molecule has 0 bridgehead atoms. The summed E-state index contributed by atoms with van der Waals surface area (Å²) in [4.78, 5) is 4.30. The summed E-state index contributed by atoms with van der Waals surface area (Å²) < 4.78 is 34.1. The predicted octanol–water partition coefficient (Wildman–Crippen LogP) is 2.39. The van der Waals surface area contributed by atoms with Gasteiger partial charge in [-0.2, -0.15) is 10.1 Å². The van der Waals surface area contributed by atoms with Gasteiger partial charge >= 0.3 is 0 Å². The molecular weight excluding hydrogens is 366 g/mol. The quantitative estimate of drug-likeness (QED) is 0.703. The summed E-state index contributed by atoms with van der Waals surface area (Å²) in [6.07, 6.45) is 3.41. The van der Waals surface area contributed by atoms with Gasteiger partial charge in [0, 0.05) is 17.8 Å². The van der Waals surface area contributed by atoms with E-state index in [-0.39, 0.29) is 17.3 Å². The highest BCUT2D eigenvalue weighted by molar-refractivity contribution is 7.89. The minimum Gasteiger partial charge on any atom is -0.338 e. The van der Waals surface area contributed by atoms with E-state index in [2.05, 4.69) is 20.0 Å². The van der Waals surface area contributed by atoms with E-state index in [0.29, 0.717) is 22.0 Å². The highest BCUT2D eigenvalue weighted by Crippen LogP contribution is 2.23. The Kier molecular flexibility index (Phi) is 4.89. The van der Waals surface area contributed by atoms with Gasteiger partial charge in [0.15, 0.2) is 0 Å². The van der Waals surface area contributed by atoms with Crippen LogP contribution in [0.3, 0.4) is 0 Å². The van der Waals surface area contributed by atoms with Crippen LogP contribution in [-0.4, -0.2) is 28.3 Å². The van der Waals surface area contributed by atoms with Gasteiger partial charge in [-0.25, -0.2) is 13.1 Å². The Morgan fingerprint density at radius 1 is 1.36 bits per heavy atom. The first kappa shape index (κ1) is 17.6. The van der Waals surface area contributed by atoms with Crippen molar-refractivity contribution in [3.8, 4) is 11.4 Å². The zero-order chi connectivity index (χ0) is 18.0. The number of hydrogen-bond acceptors (Lipinski definition) is 6. The molecule has 1 N–H and O–H groups in total. The van der Waals surface area contributed by atoms with Crippen molar-refractivity contribution in [2.45, 2.75) is 31.8 Å². The maximum atomic E-state index is 12.4. The van der Waals surface area contributed by atoms with E-state index in [1.54, 1.807) is 36.1 Å². The largest absolute Gasteiger partial charge is 0.338 e. The number of halogens is 1. The zero-order valence-corrected chi connectivity index (χ0v) is 15.2. The fourth-order valence-electron chi connectivity index (χ4n) is 2.21. The van der Waals surface area contributed by atoms with Crippen molar-refractivity contribution in [2.75, 3.05) is 0 Å². The fourth-order valence-corrected chi connectivity index (χ4v) is 3.68. The van der Waals surface area contributed by atoms with Crippen LogP contribution in [0.15, 0.2) is 40.0 Å². The second-order valence-electron chi connectivity index (χ2n) is 5.28. The van der Waals surface area contributed by atoms with E-state index >= 15 is 0 Å². The minimum atomic E-state index is -3.75. The van der Waals surface area contributed by atoms with E-state index in [4.69, 9.17) is 16.1 Å². The number of aryl methyl sites for hydroxylation is 1. The lowest BCUT2D eigenvalue weighted by atomic mass is 10.2. The molecule has 0 amide bonds. The average molecular weight is 382 g/mol. The third-order valence-corrected chi connectivity index (χ3v) is 5.56. The van der Waals surface area contributed by atoms with Crippen molar-refractivity contribution in [3.63, 3.8) is 0 Å². The van der Waals surface area contributed by atoms with E-state index in [0.717, 1.165) is 6.54 Å². The molecule has 8 nitrogen and oxygen atoms in total. The summed E-state index contributed by atoms with van der Waals surface area (Å²) in [5.74, 6) is 0.510. The Balaban J connectivity index is 1.74. The highest BCUT2D eigenvalue weighted by Gasteiger charge is 2.19. The number of hydrogen-bond donors (Lipinski definition) is 1. The van der Waals surface area contributed by atoms with Crippen LogP contribution >= 0.6 is 11.6 Å². The minimum absolute atomic E-state index is 0.115. The van der Waals surface area contributed by atoms with Gasteiger partial charge in [0.05, 0.1) is 23.2 Å². The number of benzene rings is 1. The lowest BCUT2D eigenvalue weighted by molar-refractivity contribution is 0.376. The lowest BCUT2D eigenvalue weighted by Crippen LogP contribution is -2.24. The standard InChI is InChI=1S/C15H16ClN5O3S/c1-3-21-9-11(7-17-21)15-19-14(24-20-15)8-18-25(22,23)13-6-4-5-12(16)10(13)2/h4-7,9,18H,3,8H2,1-2H3. The number of nitrogens with one attached hydrogen (secondary N) is 1. The van der Waals surface area contributed by atoms with E-state index in [9.17, 15) is 8.42 Å². The van der Waals surface area contributed by atoms with Crippen molar-refractivity contribution in [1.82, 2.24) is 24.6 Å². The van der Waals surface area contributed by atoms with Crippen LogP contribution in [0.25, 0.3) is 11.4 Å². The van der Waals surface area contributed by atoms with Crippen LogP contribution in [0.2, 0.25) is 5.02 Å². The van der Waals surface area contributed by atoms with Crippen molar-refractivity contribution < 1.29 is 12.9 Å². The van der Waals surface area contributed by atoms with Gasteiger partial charge in [-0.05, 0) is 31.5 Å². The van der Waals surface area contributed by atoms with Crippen molar-refractivity contribution in [2.24, 2.45) is 0 Å². The fraction of sp³-hybridized carbons (Fsp3) is 0.267. The molecule has 0 fully saturated rings. The zero-order valence-electron chi connectivity index (χ0n) is 13.6. The van der Waals surface area contributed by atoms with Gasteiger partial charge < -0.3 is 4.52 Å². The third-order valence-electron chi connectivity index (χ3n) is 3.60. The van der Waals surface area contributed by atoms with Gasteiger partial charge in [0.25, 0.3) is 0 Å². The van der Waals surface area contributed by atoms with Crippen molar-refractivity contribution in [1.29, 1.82) is 0 Å². The molecule has 0 aliphatic rings. The normalized spacial score (nSPS) is 11.8. The summed E-state index contributed by atoms with van der Waals surface area (Å²) in [6, 6.07) is 4.71. The molecule has 0 aliphatic heterocycles. The Morgan fingerprint density at radius 2 is 2.16 bits per heavy atom. The predicted molar refractivity (Wildman–Crippen MR) is 91.4 cm³/mol. The second-order valence-corrected chi connectivity index (χ2v) is 7.43. The summed E-state index contributed by atoms with van der Waals surface area (Å²) in [7, 11) is -3.75. The van der Waals surface area contributed by atoms with Crippen LogP contribution in [0, 0.1) is 6.92 Å². The average Bonchev–Trinajstić information content (AvgIpc) is 3.24. The van der Waals surface area contributed by atoms with Crippen LogP contribution < -0.4 is 4.72 Å². The van der Waals surface area contributed by atoms with Gasteiger partial charge in [0.1, 0.15) is 0 Å². The summed E-state index contributed by atoms with van der Waals surface area (Å²) >= 11 is 5.98. The molecule has 0 spiro atoms. The number of aromatic nitrogens is 4. The molecule has 10 heteroatoms. The van der Waals surface area contributed by atoms with Gasteiger partial charge in [0.2, 0.25) is 21.7 Å². The highest BCUT2D eigenvalue weighted by atomic mass is 35.5. The Labute approximate surface area is 149 Å². The number of sulfonamides is 1. The second kappa shape index (κ2) is 6.95. The van der Waals surface area contributed by atoms with Crippen molar-refractivity contribution in [3.05, 3.63) is 47.1 Å².